The second-order valence-corrected chi connectivity index (χ2v) is 12.3. The van der Waals surface area contributed by atoms with Crippen LogP contribution in [-0.2, 0) is 16.1 Å². The molecule has 0 aliphatic carbocycles. The average molecular weight is 647 g/mol. The van der Waals surface area contributed by atoms with Gasteiger partial charge in [-0.05, 0) is 60.7 Å². The number of ether oxygens (including phenoxy) is 2. The molecule has 0 N–H and O–H groups in total. The van der Waals surface area contributed by atoms with Gasteiger partial charge in [0.1, 0.15) is 6.61 Å². The highest BCUT2D eigenvalue weighted by molar-refractivity contribution is 7.07. The number of benzene rings is 3. The quantitative estimate of drug-likeness (QED) is 0.199. The van der Waals surface area contributed by atoms with Crippen molar-refractivity contribution < 1.29 is 14.3 Å². The van der Waals surface area contributed by atoms with Gasteiger partial charge in [0.05, 0.1) is 50.1 Å². The van der Waals surface area contributed by atoms with Gasteiger partial charge in [-0.15, -0.1) is 0 Å². The molecule has 0 spiro atoms. The number of aromatic nitrogens is 1. The third kappa shape index (κ3) is 6.22. The third-order valence-electron chi connectivity index (χ3n) is 7.26. The van der Waals surface area contributed by atoms with Crippen LogP contribution in [0.5, 0.6) is 5.75 Å². The minimum atomic E-state index is -0.701. The van der Waals surface area contributed by atoms with E-state index in [0.29, 0.717) is 43.2 Å². The van der Waals surface area contributed by atoms with Crippen LogP contribution in [0.2, 0.25) is 10.0 Å². The zero-order chi connectivity index (χ0) is 31.5. The number of carbonyl (C=O) groups is 1. The molecule has 2 heterocycles. The van der Waals surface area contributed by atoms with Crippen molar-refractivity contribution in [1.82, 2.24) is 4.57 Å². The lowest BCUT2D eigenvalue weighted by molar-refractivity contribution is -0.139. The molecule has 224 valence electrons. The van der Waals surface area contributed by atoms with Crippen LogP contribution in [0, 0.1) is 11.3 Å². The Morgan fingerprint density at radius 1 is 1.14 bits per heavy atom. The van der Waals surface area contributed by atoms with Gasteiger partial charge in [0.2, 0.25) is 0 Å². The standard InChI is InChI=1S/C34H29Cl2N3O4S/c1-5-42-33(41)29-20(4)38-34-39(30(29)23-12-10-22(11-13-23)19(2)3)32(40)28(44-34)16-21-14-26(35)31(27(36)15-21)43-18-25-9-7-6-8-24(25)17-37/h6-16,19,30H,5,18H2,1-4H3/b28-16-/t30-/m0/s1. The number of hydrogen-bond donors (Lipinski definition) is 0. The monoisotopic (exact) mass is 645 g/mol. The van der Waals surface area contributed by atoms with Gasteiger partial charge in [0, 0.05) is 5.56 Å². The first kappa shape index (κ1) is 31.3. The van der Waals surface area contributed by atoms with Crippen molar-refractivity contribution >= 4 is 46.6 Å². The van der Waals surface area contributed by atoms with E-state index in [1.165, 1.54) is 11.3 Å². The SMILES string of the molecule is CCOC(=O)C1=C(C)N=c2s/c(=C\c3cc(Cl)c(OCc4ccccc4C#N)c(Cl)c3)c(=O)n2[C@H]1c1ccc(C(C)C)cc1. The van der Waals surface area contributed by atoms with E-state index in [2.05, 4.69) is 24.9 Å². The van der Waals surface area contributed by atoms with Crippen LogP contribution in [0.1, 0.15) is 67.5 Å². The average Bonchev–Trinajstić information content (AvgIpc) is 3.30. The molecule has 0 unspecified atom stereocenters. The second-order valence-electron chi connectivity index (χ2n) is 10.5. The highest BCUT2D eigenvalue weighted by Crippen LogP contribution is 2.35. The summed E-state index contributed by atoms with van der Waals surface area (Å²) >= 11 is 14.4. The maximum atomic E-state index is 14.0. The van der Waals surface area contributed by atoms with Crippen LogP contribution < -0.4 is 19.6 Å². The van der Waals surface area contributed by atoms with Gasteiger partial charge in [-0.3, -0.25) is 9.36 Å². The van der Waals surface area contributed by atoms with Gasteiger partial charge in [-0.1, -0.05) is 90.9 Å². The molecule has 1 aromatic heterocycles. The Labute approximate surface area is 268 Å². The van der Waals surface area contributed by atoms with E-state index >= 15 is 0 Å². The molecule has 44 heavy (non-hydrogen) atoms. The Morgan fingerprint density at radius 3 is 2.45 bits per heavy atom. The second kappa shape index (κ2) is 13.2. The summed E-state index contributed by atoms with van der Waals surface area (Å²) < 4.78 is 13.2. The number of halogens is 2. The lowest BCUT2D eigenvalue weighted by Gasteiger charge is -2.25. The fourth-order valence-corrected chi connectivity index (χ4v) is 6.69. The molecular formula is C34H29Cl2N3O4S. The molecule has 5 rings (SSSR count). The Balaban J connectivity index is 1.55. The van der Waals surface area contributed by atoms with Gasteiger partial charge in [0.25, 0.3) is 5.56 Å². The number of hydrogen-bond acceptors (Lipinski definition) is 7. The van der Waals surface area contributed by atoms with Crippen LogP contribution in [0.4, 0.5) is 0 Å². The molecule has 1 atom stereocenters. The summed E-state index contributed by atoms with van der Waals surface area (Å²) in [4.78, 5) is 32.2. The van der Waals surface area contributed by atoms with Gasteiger partial charge in [-0.2, -0.15) is 5.26 Å². The van der Waals surface area contributed by atoms with Gasteiger partial charge < -0.3 is 9.47 Å². The van der Waals surface area contributed by atoms with E-state index in [1.54, 1.807) is 54.8 Å². The van der Waals surface area contributed by atoms with Crippen LogP contribution in [0.15, 0.2) is 81.7 Å². The van der Waals surface area contributed by atoms with E-state index in [0.717, 1.165) is 11.1 Å². The van der Waals surface area contributed by atoms with E-state index in [-0.39, 0.29) is 34.6 Å². The van der Waals surface area contributed by atoms with Crippen LogP contribution in [0.3, 0.4) is 0 Å². The largest absolute Gasteiger partial charge is 0.486 e. The molecule has 1 aliphatic rings. The van der Waals surface area contributed by atoms with E-state index in [1.807, 2.05) is 30.3 Å². The first-order valence-electron chi connectivity index (χ1n) is 14.0. The Hall–Kier alpha value is -4.16. The van der Waals surface area contributed by atoms with Crippen molar-refractivity contribution in [3.8, 4) is 11.8 Å². The zero-order valence-corrected chi connectivity index (χ0v) is 26.9. The molecular weight excluding hydrogens is 617 g/mol. The lowest BCUT2D eigenvalue weighted by atomic mass is 9.93. The Kier molecular flexibility index (Phi) is 9.40. The predicted molar refractivity (Wildman–Crippen MR) is 173 cm³/mol. The maximum Gasteiger partial charge on any atom is 0.338 e. The van der Waals surface area contributed by atoms with Crippen molar-refractivity contribution in [2.24, 2.45) is 4.99 Å². The highest BCUT2D eigenvalue weighted by atomic mass is 35.5. The molecule has 3 aromatic carbocycles. The molecule has 7 nitrogen and oxygen atoms in total. The number of nitrogens with zero attached hydrogens (tertiary/aromatic N) is 3. The zero-order valence-electron chi connectivity index (χ0n) is 24.6. The third-order valence-corrected chi connectivity index (χ3v) is 8.81. The molecule has 0 bridgehead atoms. The summed E-state index contributed by atoms with van der Waals surface area (Å²) in [6.45, 7) is 8.03. The summed E-state index contributed by atoms with van der Waals surface area (Å²) in [6.07, 6.45) is 1.69. The van der Waals surface area contributed by atoms with Crippen molar-refractivity contribution in [1.29, 1.82) is 5.26 Å². The summed E-state index contributed by atoms with van der Waals surface area (Å²) in [5.74, 6) is 0.100. The number of thiazole rings is 1. The first-order chi connectivity index (χ1) is 21.1. The first-order valence-corrected chi connectivity index (χ1v) is 15.6. The van der Waals surface area contributed by atoms with Crippen molar-refractivity contribution in [2.75, 3.05) is 6.61 Å². The Morgan fingerprint density at radius 2 is 1.82 bits per heavy atom. The summed E-state index contributed by atoms with van der Waals surface area (Å²) in [7, 11) is 0. The Bertz CT molecular complexity index is 1980. The minimum absolute atomic E-state index is 0.113. The van der Waals surface area contributed by atoms with Crippen LogP contribution in [0.25, 0.3) is 6.08 Å². The fraction of sp³-hybridized carbons (Fsp3) is 0.235. The summed E-state index contributed by atoms with van der Waals surface area (Å²) in [5.41, 5.74) is 4.25. The smallest absolute Gasteiger partial charge is 0.338 e. The van der Waals surface area contributed by atoms with E-state index in [9.17, 15) is 14.9 Å². The van der Waals surface area contributed by atoms with Crippen molar-refractivity contribution in [2.45, 2.75) is 46.3 Å². The number of allylic oxidation sites excluding steroid dienone is 1. The van der Waals surface area contributed by atoms with Crippen molar-refractivity contribution in [3.05, 3.63) is 129 Å². The summed E-state index contributed by atoms with van der Waals surface area (Å²) in [5, 5.41) is 9.87. The van der Waals surface area contributed by atoms with E-state index in [4.69, 9.17) is 32.7 Å². The van der Waals surface area contributed by atoms with Gasteiger partial charge >= 0.3 is 5.97 Å². The molecule has 0 saturated carbocycles. The number of rotatable bonds is 8. The molecule has 1 aliphatic heterocycles. The fourth-order valence-electron chi connectivity index (χ4n) is 5.03. The number of nitriles is 1. The van der Waals surface area contributed by atoms with Gasteiger partial charge in [-0.25, -0.2) is 9.79 Å². The van der Waals surface area contributed by atoms with Crippen LogP contribution in [-0.4, -0.2) is 17.1 Å². The van der Waals surface area contributed by atoms with Crippen LogP contribution >= 0.6 is 34.5 Å². The molecule has 0 fully saturated rings. The number of fused-ring (bicyclic) bond motifs is 1. The lowest BCUT2D eigenvalue weighted by Crippen LogP contribution is -2.39. The van der Waals surface area contributed by atoms with E-state index < -0.39 is 12.0 Å². The predicted octanol–water partition coefficient (Wildman–Crippen LogP) is 6.68. The number of carbonyl (C=O) groups excluding carboxylic acids is 1. The highest BCUT2D eigenvalue weighted by Gasteiger charge is 2.33. The molecule has 4 aromatic rings. The topological polar surface area (TPSA) is 93.7 Å². The molecule has 10 heteroatoms. The molecule has 0 amide bonds. The minimum Gasteiger partial charge on any atom is -0.486 e. The van der Waals surface area contributed by atoms with Crippen molar-refractivity contribution in [3.63, 3.8) is 0 Å². The maximum absolute atomic E-state index is 14.0. The number of esters is 1. The van der Waals surface area contributed by atoms with Gasteiger partial charge in [0.15, 0.2) is 10.6 Å². The molecule has 0 saturated heterocycles. The summed E-state index contributed by atoms with van der Waals surface area (Å²) in [6, 6.07) is 19.8. The normalized spacial score (nSPS) is 14.7. The molecule has 0 radical (unpaired) electrons.